The summed E-state index contributed by atoms with van der Waals surface area (Å²) in [6, 6.07) is 2.49. The van der Waals surface area contributed by atoms with E-state index >= 15 is 0 Å². The number of halogens is 3. The second-order valence-corrected chi connectivity index (χ2v) is 6.95. The van der Waals surface area contributed by atoms with Crippen molar-refractivity contribution >= 4 is 23.7 Å². The lowest BCUT2D eigenvalue weighted by atomic mass is 10.3. The summed E-state index contributed by atoms with van der Waals surface area (Å²) >= 11 is 0. The van der Waals surface area contributed by atoms with E-state index in [9.17, 15) is 18.0 Å². The molecule has 8 nitrogen and oxygen atoms in total. The molecule has 0 aliphatic rings. The lowest BCUT2D eigenvalue weighted by molar-refractivity contribution is 0.0951. The van der Waals surface area contributed by atoms with Crippen molar-refractivity contribution in [2.24, 2.45) is 4.99 Å². The Kier molecular flexibility index (Phi) is 8.14. The van der Waals surface area contributed by atoms with Gasteiger partial charge in [-0.1, -0.05) is 6.08 Å². The monoisotopic (exact) mass is 460 g/mol. The molecule has 0 unspecified atom stereocenters. The minimum atomic E-state index is -0.970. The third-order valence-electron chi connectivity index (χ3n) is 4.63. The number of aromatic amines is 1. The van der Waals surface area contributed by atoms with Crippen molar-refractivity contribution in [3.8, 4) is 0 Å². The molecule has 11 heteroatoms. The number of allylic oxidation sites excluding steroid dienone is 3. The van der Waals surface area contributed by atoms with E-state index in [1.54, 1.807) is 6.92 Å². The van der Waals surface area contributed by atoms with Crippen LogP contribution in [0.5, 0.6) is 0 Å². The summed E-state index contributed by atoms with van der Waals surface area (Å²) in [6.07, 6.45) is 4.86. The number of H-pyrrole nitrogens is 1. The minimum absolute atomic E-state index is 0.00620. The van der Waals surface area contributed by atoms with Gasteiger partial charge in [0.05, 0.1) is 17.8 Å². The first-order valence-corrected chi connectivity index (χ1v) is 10.2. The van der Waals surface area contributed by atoms with E-state index in [0.717, 1.165) is 6.07 Å². The van der Waals surface area contributed by atoms with E-state index in [2.05, 4.69) is 37.3 Å². The number of carbonyl (C=O) groups is 1. The van der Waals surface area contributed by atoms with Gasteiger partial charge in [0.2, 0.25) is 0 Å². The van der Waals surface area contributed by atoms with Gasteiger partial charge in [0.25, 0.3) is 5.91 Å². The molecule has 0 aliphatic carbocycles. The first-order valence-electron chi connectivity index (χ1n) is 10.2. The highest BCUT2D eigenvalue weighted by atomic mass is 19.2. The molecule has 0 spiro atoms. The number of benzene rings is 1. The van der Waals surface area contributed by atoms with Crippen LogP contribution in [0.4, 0.5) is 13.2 Å². The molecule has 0 atom stereocenters. The summed E-state index contributed by atoms with van der Waals surface area (Å²) in [4.78, 5) is 26.9. The van der Waals surface area contributed by atoms with Gasteiger partial charge in [0, 0.05) is 25.9 Å². The van der Waals surface area contributed by atoms with Crippen molar-refractivity contribution in [1.29, 1.82) is 0 Å². The van der Waals surface area contributed by atoms with Gasteiger partial charge in [0.15, 0.2) is 23.2 Å². The number of hydrogen-bond acceptors (Lipinski definition) is 6. The average Bonchev–Trinajstić information content (AvgIpc) is 3.44. The SMILES string of the molecule is C=N/C(CNC(=O)c1coc(CCNCCc2nc3c(F)c(F)ccc3[nH]2)n1)=C(F)\C=C/C. The van der Waals surface area contributed by atoms with Crippen LogP contribution in [-0.4, -0.2) is 47.2 Å². The Hall–Kier alpha value is -3.73. The van der Waals surface area contributed by atoms with Gasteiger partial charge < -0.3 is 20.0 Å². The molecule has 174 valence electrons. The molecular formula is C22H23F3N6O2. The van der Waals surface area contributed by atoms with E-state index in [4.69, 9.17) is 4.42 Å². The molecule has 3 N–H and O–H groups in total. The minimum Gasteiger partial charge on any atom is -0.448 e. The standard InChI is InChI=1S/C22H23F3N6O2/c1-3-4-13(23)16(26-2)11-28-22(32)17-12-33-19(30-17)8-10-27-9-7-18-29-15-6-5-14(24)20(25)21(15)31-18/h3-6,12,27H,2,7-11H2,1H3,(H,28,32)(H,29,31)/b4-3-,16-13+. The zero-order chi connectivity index (χ0) is 23.8. The van der Waals surface area contributed by atoms with Gasteiger partial charge in [-0.15, -0.1) is 0 Å². The van der Waals surface area contributed by atoms with Crippen LogP contribution in [0.25, 0.3) is 11.0 Å². The fourth-order valence-electron chi connectivity index (χ4n) is 2.96. The van der Waals surface area contributed by atoms with Crippen LogP contribution in [0.1, 0.15) is 29.1 Å². The molecule has 1 aromatic carbocycles. The number of nitrogens with one attached hydrogen (secondary N) is 3. The smallest absolute Gasteiger partial charge is 0.273 e. The number of oxazole rings is 1. The number of fused-ring (bicyclic) bond motifs is 1. The molecule has 1 amide bonds. The van der Waals surface area contributed by atoms with Gasteiger partial charge in [0.1, 0.15) is 23.4 Å². The molecule has 0 bridgehead atoms. The highest BCUT2D eigenvalue weighted by Gasteiger charge is 2.14. The molecule has 0 saturated heterocycles. The maximum atomic E-state index is 13.8. The van der Waals surface area contributed by atoms with Crippen molar-refractivity contribution in [2.75, 3.05) is 19.6 Å². The number of aliphatic imine (C=N–C) groups is 1. The summed E-state index contributed by atoms with van der Waals surface area (Å²) in [6.45, 7) is 5.85. The van der Waals surface area contributed by atoms with Crippen molar-refractivity contribution in [3.05, 3.63) is 71.1 Å². The molecule has 3 rings (SSSR count). The van der Waals surface area contributed by atoms with Crippen molar-refractivity contribution in [1.82, 2.24) is 25.6 Å². The average molecular weight is 460 g/mol. The number of aromatic nitrogens is 3. The highest BCUT2D eigenvalue weighted by molar-refractivity contribution is 5.92. The van der Waals surface area contributed by atoms with E-state index < -0.39 is 23.4 Å². The fourth-order valence-corrected chi connectivity index (χ4v) is 2.96. The maximum absolute atomic E-state index is 13.8. The van der Waals surface area contributed by atoms with E-state index in [-0.39, 0.29) is 23.5 Å². The molecule has 2 aromatic heterocycles. The van der Waals surface area contributed by atoms with E-state index in [1.807, 2.05) is 0 Å². The van der Waals surface area contributed by atoms with Gasteiger partial charge in [-0.2, -0.15) is 0 Å². The third kappa shape index (κ3) is 6.16. The molecule has 0 radical (unpaired) electrons. The number of nitrogens with zero attached hydrogens (tertiary/aromatic N) is 3. The molecule has 0 saturated carbocycles. The Balaban J connectivity index is 1.43. The van der Waals surface area contributed by atoms with Gasteiger partial charge in [-0.25, -0.2) is 23.1 Å². The lowest BCUT2D eigenvalue weighted by Crippen LogP contribution is -2.26. The molecule has 2 heterocycles. The summed E-state index contributed by atoms with van der Waals surface area (Å²) < 4.78 is 46.0. The summed E-state index contributed by atoms with van der Waals surface area (Å²) in [5, 5.41) is 5.67. The zero-order valence-electron chi connectivity index (χ0n) is 17.9. The Morgan fingerprint density at radius 3 is 2.82 bits per heavy atom. The number of hydrogen-bond donors (Lipinski definition) is 3. The maximum Gasteiger partial charge on any atom is 0.273 e. The molecule has 3 aromatic rings. The van der Waals surface area contributed by atoms with Crippen molar-refractivity contribution in [2.45, 2.75) is 19.8 Å². The third-order valence-corrected chi connectivity index (χ3v) is 4.63. The Morgan fingerprint density at radius 1 is 1.27 bits per heavy atom. The topological polar surface area (TPSA) is 108 Å². The first kappa shape index (κ1) is 23.9. The van der Waals surface area contributed by atoms with Gasteiger partial charge in [-0.3, -0.25) is 9.79 Å². The normalized spacial score (nSPS) is 12.4. The largest absolute Gasteiger partial charge is 0.448 e. The van der Waals surface area contributed by atoms with Crippen LogP contribution in [0.3, 0.4) is 0 Å². The van der Waals surface area contributed by atoms with Crippen LogP contribution in [0.15, 0.2) is 51.5 Å². The van der Waals surface area contributed by atoms with Crippen LogP contribution in [-0.2, 0) is 12.8 Å². The van der Waals surface area contributed by atoms with E-state index in [0.29, 0.717) is 43.2 Å². The van der Waals surface area contributed by atoms with Crippen LogP contribution in [0, 0.1) is 11.6 Å². The Morgan fingerprint density at radius 2 is 2.06 bits per heavy atom. The Labute approximate surface area is 187 Å². The summed E-state index contributed by atoms with van der Waals surface area (Å²) in [5.41, 5.74) is 0.486. The van der Waals surface area contributed by atoms with Gasteiger partial charge >= 0.3 is 0 Å². The summed E-state index contributed by atoms with van der Waals surface area (Å²) in [7, 11) is 0. The predicted octanol–water partition coefficient (Wildman–Crippen LogP) is 3.39. The first-order chi connectivity index (χ1) is 15.9. The second kappa shape index (κ2) is 11.2. The number of imidazole rings is 1. The van der Waals surface area contributed by atoms with E-state index in [1.165, 1.54) is 24.5 Å². The number of rotatable bonds is 11. The molecule has 0 aliphatic heterocycles. The summed E-state index contributed by atoms with van der Waals surface area (Å²) in [5.74, 6) is -2.13. The van der Waals surface area contributed by atoms with Gasteiger partial charge in [-0.05, 0) is 31.9 Å². The van der Waals surface area contributed by atoms with Crippen LogP contribution >= 0.6 is 0 Å². The molecule has 33 heavy (non-hydrogen) atoms. The van der Waals surface area contributed by atoms with Crippen molar-refractivity contribution < 1.29 is 22.4 Å². The second-order valence-electron chi connectivity index (χ2n) is 6.95. The lowest BCUT2D eigenvalue weighted by Gasteiger charge is -2.03. The molecular weight excluding hydrogens is 437 g/mol. The predicted molar refractivity (Wildman–Crippen MR) is 118 cm³/mol. The number of amides is 1. The Bertz CT molecular complexity index is 1200. The quantitative estimate of drug-likeness (QED) is 0.231. The van der Waals surface area contributed by atoms with Crippen LogP contribution < -0.4 is 10.6 Å². The highest BCUT2D eigenvalue weighted by Crippen LogP contribution is 2.18. The fraction of sp³-hybridized carbons (Fsp3) is 0.273. The number of carbonyl (C=O) groups excluding carboxylic acids is 1. The van der Waals surface area contributed by atoms with Crippen molar-refractivity contribution in [3.63, 3.8) is 0 Å². The van der Waals surface area contributed by atoms with Crippen LogP contribution in [0.2, 0.25) is 0 Å². The zero-order valence-corrected chi connectivity index (χ0v) is 17.9. The molecule has 0 fully saturated rings.